The maximum atomic E-state index is 5.18. The molecule has 1 aromatic rings. The van der Waals surface area contributed by atoms with Crippen molar-refractivity contribution in [3.63, 3.8) is 0 Å². The van der Waals surface area contributed by atoms with Gasteiger partial charge in [0.1, 0.15) is 5.75 Å². The van der Waals surface area contributed by atoms with E-state index in [4.69, 9.17) is 4.74 Å². The summed E-state index contributed by atoms with van der Waals surface area (Å²) in [4.78, 5) is 0. The van der Waals surface area contributed by atoms with Gasteiger partial charge in [0.2, 0.25) is 0 Å². The van der Waals surface area contributed by atoms with Crippen LogP contribution in [0.3, 0.4) is 0 Å². The van der Waals surface area contributed by atoms with Gasteiger partial charge in [0.15, 0.2) is 0 Å². The van der Waals surface area contributed by atoms with Gasteiger partial charge < -0.3 is 10.1 Å². The molecule has 0 spiro atoms. The molecule has 0 saturated heterocycles. The Bertz CT molecular complexity index is 380. The summed E-state index contributed by atoms with van der Waals surface area (Å²) >= 11 is 0. The van der Waals surface area contributed by atoms with Crippen LogP contribution in [0.15, 0.2) is 42.6 Å². The highest BCUT2D eigenvalue weighted by molar-refractivity contribution is 5.70. The molecule has 2 nitrogen and oxygen atoms in total. The van der Waals surface area contributed by atoms with Crippen LogP contribution in [-0.4, -0.2) is 13.7 Å². The molecule has 1 N–H and O–H groups in total. The molecule has 1 aromatic carbocycles. The zero-order valence-electron chi connectivity index (χ0n) is 8.16. The molecule has 0 unspecified atom stereocenters. The lowest BCUT2D eigenvalue weighted by atomic mass is 10.0. The van der Waals surface area contributed by atoms with E-state index in [2.05, 4.69) is 17.5 Å². The molecule has 72 valence electrons. The van der Waals surface area contributed by atoms with Crippen LogP contribution in [0.25, 0.3) is 5.57 Å². The van der Waals surface area contributed by atoms with Crippen molar-refractivity contribution in [3.8, 4) is 5.75 Å². The predicted octanol–water partition coefficient (Wildman–Crippen LogP) is 2.20. The summed E-state index contributed by atoms with van der Waals surface area (Å²) in [6, 6.07) is 8.10. The number of rotatable bonds is 2. The second kappa shape index (κ2) is 4.01. The van der Waals surface area contributed by atoms with Crippen molar-refractivity contribution in [2.75, 3.05) is 13.7 Å². The number of methoxy groups -OCH3 is 1. The molecule has 0 aromatic heterocycles. The highest BCUT2D eigenvalue weighted by atomic mass is 16.5. The van der Waals surface area contributed by atoms with Gasteiger partial charge in [-0.25, -0.2) is 0 Å². The highest BCUT2D eigenvalue weighted by Gasteiger charge is 2.03. The van der Waals surface area contributed by atoms with Crippen LogP contribution in [0.1, 0.15) is 5.56 Å². The Hall–Kier alpha value is -1.70. The van der Waals surface area contributed by atoms with E-state index in [9.17, 15) is 0 Å². The van der Waals surface area contributed by atoms with E-state index in [0.717, 1.165) is 12.3 Å². The van der Waals surface area contributed by atoms with Crippen molar-refractivity contribution in [1.82, 2.24) is 5.32 Å². The van der Waals surface area contributed by atoms with Crippen LogP contribution in [0.4, 0.5) is 0 Å². The Morgan fingerprint density at radius 1 is 1.36 bits per heavy atom. The molecule has 0 bridgehead atoms. The van der Waals surface area contributed by atoms with Crippen LogP contribution in [0.5, 0.6) is 5.75 Å². The minimum absolute atomic E-state index is 0.879. The summed E-state index contributed by atoms with van der Waals surface area (Å²) in [5.41, 5.74) is 2.49. The number of allylic oxidation sites excluding steroid dienone is 2. The minimum Gasteiger partial charge on any atom is -0.497 e. The van der Waals surface area contributed by atoms with E-state index in [-0.39, 0.29) is 0 Å². The summed E-state index contributed by atoms with van der Waals surface area (Å²) < 4.78 is 5.18. The van der Waals surface area contributed by atoms with Crippen LogP contribution in [0.2, 0.25) is 0 Å². The van der Waals surface area contributed by atoms with E-state index >= 15 is 0 Å². The van der Waals surface area contributed by atoms with Gasteiger partial charge in [-0.2, -0.15) is 0 Å². The monoisotopic (exact) mass is 187 g/mol. The first kappa shape index (κ1) is 8.88. The number of nitrogens with one attached hydrogen (secondary N) is 1. The second-order valence-corrected chi connectivity index (χ2v) is 3.16. The first-order valence-corrected chi connectivity index (χ1v) is 4.63. The van der Waals surface area contributed by atoms with Gasteiger partial charge in [-0.05, 0) is 35.5 Å². The maximum absolute atomic E-state index is 5.18. The van der Waals surface area contributed by atoms with Crippen LogP contribution in [-0.2, 0) is 0 Å². The van der Waals surface area contributed by atoms with Crippen molar-refractivity contribution in [2.45, 2.75) is 0 Å². The molecule has 0 fully saturated rings. The minimum atomic E-state index is 0.879. The molecular formula is C12H13NO. The fourth-order valence-corrected chi connectivity index (χ4v) is 1.48. The van der Waals surface area contributed by atoms with Crippen molar-refractivity contribution in [3.05, 3.63) is 48.2 Å². The topological polar surface area (TPSA) is 21.3 Å². The highest BCUT2D eigenvalue weighted by Crippen LogP contribution is 2.20. The molecule has 2 rings (SSSR count). The van der Waals surface area contributed by atoms with Gasteiger partial charge >= 0.3 is 0 Å². The molecule has 2 heteroatoms. The molecule has 1 aliphatic heterocycles. The molecule has 0 saturated carbocycles. The molecule has 0 aliphatic carbocycles. The van der Waals surface area contributed by atoms with Crippen molar-refractivity contribution >= 4 is 5.57 Å². The average Bonchev–Trinajstić information content (AvgIpc) is 2.30. The third-order valence-corrected chi connectivity index (χ3v) is 2.24. The summed E-state index contributed by atoms with van der Waals surface area (Å²) in [6.45, 7) is 0.879. The third-order valence-electron chi connectivity index (χ3n) is 2.24. The average molecular weight is 187 g/mol. The van der Waals surface area contributed by atoms with Crippen LogP contribution in [0, 0.1) is 0 Å². The van der Waals surface area contributed by atoms with Crippen LogP contribution >= 0.6 is 0 Å². The fourth-order valence-electron chi connectivity index (χ4n) is 1.48. The number of dihydropyridines is 1. The van der Waals surface area contributed by atoms with E-state index in [1.807, 2.05) is 30.5 Å². The molecular weight excluding hydrogens is 174 g/mol. The lowest BCUT2D eigenvalue weighted by Crippen LogP contribution is -2.11. The molecule has 0 amide bonds. The lowest BCUT2D eigenvalue weighted by molar-refractivity contribution is 0.414. The van der Waals surface area contributed by atoms with Gasteiger partial charge in [0, 0.05) is 6.54 Å². The number of benzene rings is 1. The molecule has 0 radical (unpaired) electrons. The lowest BCUT2D eigenvalue weighted by Gasteiger charge is -2.11. The molecule has 14 heavy (non-hydrogen) atoms. The van der Waals surface area contributed by atoms with Gasteiger partial charge in [-0.3, -0.25) is 0 Å². The Balaban J connectivity index is 2.31. The number of hydrogen-bond donors (Lipinski definition) is 1. The third kappa shape index (κ3) is 1.79. The van der Waals surface area contributed by atoms with Crippen molar-refractivity contribution < 1.29 is 4.74 Å². The molecule has 1 heterocycles. The number of ether oxygens (including phenoxy) is 1. The quantitative estimate of drug-likeness (QED) is 0.766. The van der Waals surface area contributed by atoms with Gasteiger partial charge in [0.25, 0.3) is 0 Å². The normalized spacial score (nSPS) is 14.5. The van der Waals surface area contributed by atoms with E-state index in [0.29, 0.717) is 0 Å². The number of hydrogen-bond acceptors (Lipinski definition) is 2. The van der Waals surface area contributed by atoms with E-state index in [1.165, 1.54) is 11.1 Å². The Morgan fingerprint density at radius 2 is 2.29 bits per heavy atom. The summed E-state index contributed by atoms with van der Waals surface area (Å²) in [7, 11) is 1.69. The van der Waals surface area contributed by atoms with E-state index in [1.54, 1.807) is 7.11 Å². The van der Waals surface area contributed by atoms with Crippen molar-refractivity contribution in [2.24, 2.45) is 0 Å². The molecule has 1 aliphatic rings. The van der Waals surface area contributed by atoms with Gasteiger partial charge in [-0.15, -0.1) is 0 Å². The van der Waals surface area contributed by atoms with Crippen molar-refractivity contribution in [1.29, 1.82) is 0 Å². The second-order valence-electron chi connectivity index (χ2n) is 3.16. The molecule has 0 atom stereocenters. The fraction of sp³-hybridized carbons (Fsp3) is 0.167. The summed E-state index contributed by atoms with van der Waals surface area (Å²) in [5.74, 6) is 0.901. The Labute approximate surface area is 83.9 Å². The zero-order valence-corrected chi connectivity index (χ0v) is 8.16. The van der Waals surface area contributed by atoms with Gasteiger partial charge in [-0.1, -0.05) is 18.2 Å². The maximum Gasteiger partial charge on any atom is 0.119 e. The predicted molar refractivity (Wildman–Crippen MR) is 58.1 cm³/mol. The van der Waals surface area contributed by atoms with E-state index < -0.39 is 0 Å². The van der Waals surface area contributed by atoms with Crippen LogP contribution < -0.4 is 10.1 Å². The summed E-state index contributed by atoms with van der Waals surface area (Å²) in [6.07, 6.45) is 6.08. The first-order chi connectivity index (χ1) is 6.90. The first-order valence-electron chi connectivity index (χ1n) is 4.63. The Morgan fingerprint density at radius 3 is 3.00 bits per heavy atom. The largest absolute Gasteiger partial charge is 0.497 e. The SMILES string of the molecule is COc1cccc(C2=CC=CNC2)c1. The zero-order chi connectivity index (χ0) is 9.80. The van der Waals surface area contributed by atoms with Gasteiger partial charge in [0.05, 0.1) is 7.11 Å². The standard InChI is InChI=1S/C12H13NO/c1-14-12-6-2-4-10(8-12)11-5-3-7-13-9-11/h2-8,13H,9H2,1H3. The Kier molecular flexibility index (Phi) is 2.54. The smallest absolute Gasteiger partial charge is 0.119 e. The summed E-state index contributed by atoms with van der Waals surface area (Å²) in [5, 5.41) is 3.18.